The lowest BCUT2D eigenvalue weighted by Crippen LogP contribution is -2.27. The quantitative estimate of drug-likeness (QED) is 0.275. The number of hydrogen-bond donors (Lipinski definition) is 2. The highest BCUT2D eigenvalue weighted by atomic mass is 32.2. The van der Waals surface area contributed by atoms with Crippen molar-refractivity contribution >= 4 is 15.7 Å². The average Bonchev–Trinajstić information content (AvgIpc) is 3.28. The van der Waals surface area contributed by atoms with Crippen molar-refractivity contribution in [3.8, 4) is 23.1 Å². The summed E-state index contributed by atoms with van der Waals surface area (Å²) in [7, 11) is -3.91. The van der Waals surface area contributed by atoms with Crippen molar-refractivity contribution < 1.29 is 35.5 Å². The lowest BCUT2D eigenvalue weighted by atomic mass is 10.1. The number of nitrogens with zero attached hydrogens (tertiary/aromatic N) is 3. The summed E-state index contributed by atoms with van der Waals surface area (Å²) in [5.41, 5.74) is -0.391. The number of sulfonamides is 1. The molecule has 0 radical (unpaired) electrons. The van der Waals surface area contributed by atoms with E-state index in [1.807, 2.05) is 0 Å². The molecule has 2 aromatic heterocycles. The number of aliphatic hydroxyl groups is 1. The van der Waals surface area contributed by atoms with E-state index in [9.17, 15) is 30.4 Å². The Kier molecular flexibility index (Phi) is 7.50. The Morgan fingerprint density at radius 2 is 1.79 bits per heavy atom. The summed E-state index contributed by atoms with van der Waals surface area (Å²) >= 11 is 0. The van der Waals surface area contributed by atoms with Crippen LogP contribution in [0.3, 0.4) is 0 Å². The minimum Gasteiger partial charge on any atom is -0.395 e. The first-order valence-corrected chi connectivity index (χ1v) is 12.5. The predicted octanol–water partition coefficient (Wildman–Crippen LogP) is 4.33. The predicted molar refractivity (Wildman–Crippen MR) is 128 cm³/mol. The fraction of sp³-hybridized carbons (Fsp3) is 0.200. The second kappa shape index (κ2) is 10.5. The minimum absolute atomic E-state index is 0.00347. The van der Waals surface area contributed by atoms with Gasteiger partial charge in [-0.05, 0) is 42.8 Å². The van der Waals surface area contributed by atoms with Crippen molar-refractivity contribution in [2.75, 3.05) is 13.2 Å². The zero-order chi connectivity index (χ0) is 27.7. The van der Waals surface area contributed by atoms with E-state index in [0.717, 1.165) is 34.8 Å². The summed E-state index contributed by atoms with van der Waals surface area (Å²) in [6.45, 7) is 1.04. The van der Waals surface area contributed by atoms with Crippen molar-refractivity contribution in [2.24, 2.45) is 0 Å². The van der Waals surface area contributed by atoms with E-state index in [-0.39, 0.29) is 40.5 Å². The van der Waals surface area contributed by atoms with Crippen LogP contribution in [-0.2, 0) is 16.2 Å². The first-order valence-electron chi connectivity index (χ1n) is 11.0. The molecule has 0 unspecified atom stereocenters. The van der Waals surface area contributed by atoms with Crippen LogP contribution in [0.4, 0.5) is 22.0 Å². The molecule has 0 fully saturated rings. The smallest absolute Gasteiger partial charge is 0.395 e. The first-order chi connectivity index (χ1) is 17.9. The molecule has 2 heterocycles. The Bertz CT molecular complexity index is 1650. The number of halogens is 5. The van der Waals surface area contributed by atoms with E-state index in [4.69, 9.17) is 5.11 Å². The zero-order valence-corrected chi connectivity index (χ0v) is 20.4. The number of aromatic nitrogens is 3. The van der Waals surface area contributed by atoms with Crippen LogP contribution in [0.5, 0.6) is 0 Å². The molecule has 0 aliphatic carbocycles. The van der Waals surface area contributed by atoms with Crippen LogP contribution in [0.25, 0.3) is 16.9 Å². The molecule has 38 heavy (non-hydrogen) atoms. The zero-order valence-electron chi connectivity index (χ0n) is 19.6. The summed E-state index contributed by atoms with van der Waals surface area (Å²) in [5.74, 6) is 5.52. The van der Waals surface area contributed by atoms with E-state index < -0.39 is 33.9 Å². The van der Waals surface area contributed by atoms with Crippen LogP contribution in [0, 0.1) is 18.8 Å². The van der Waals surface area contributed by atoms with Crippen LogP contribution in [0.15, 0.2) is 59.6 Å². The summed E-state index contributed by atoms with van der Waals surface area (Å²) in [6.07, 6.45) is -6.31. The van der Waals surface area contributed by atoms with E-state index in [1.54, 1.807) is 19.1 Å². The van der Waals surface area contributed by atoms with Gasteiger partial charge in [-0.1, -0.05) is 30.0 Å². The van der Waals surface area contributed by atoms with Crippen molar-refractivity contribution in [3.63, 3.8) is 0 Å². The standard InChI is InChI=1S/C25H19F5N4O3S/c1-15-2-3-16(12-22(15)38(36,37)32-10-11-35)4-5-18-14-31-34-21(23(26)27)13-20(33-24(18)34)17-6-8-19(9-7-17)25(28,29)30/h2-3,6-9,12-14,23,32,35H,10-11H2,1H3. The summed E-state index contributed by atoms with van der Waals surface area (Å²) < 4.78 is 94.5. The van der Waals surface area contributed by atoms with Gasteiger partial charge in [-0.25, -0.2) is 31.4 Å². The van der Waals surface area contributed by atoms with Gasteiger partial charge >= 0.3 is 6.18 Å². The normalized spacial score (nSPS) is 12.1. The Balaban J connectivity index is 1.77. The molecule has 4 rings (SSSR count). The Morgan fingerprint density at radius 3 is 2.42 bits per heavy atom. The number of benzene rings is 2. The third-order valence-corrected chi connectivity index (χ3v) is 7.06. The molecule has 7 nitrogen and oxygen atoms in total. The summed E-state index contributed by atoms with van der Waals surface area (Å²) in [4.78, 5) is 4.27. The van der Waals surface area contributed by atoms with Crippen LogP contribution < -0.4 is 4.72 Å². The molecule has 0 saturated carbocycles. The van der Waals surface area contributed by atoms with E-state index >= 15 is 0 Å². The van der Waals surface area contributed by atoms with Gasteiger partial charge in [-0.15, -0.1) is 0 Å². The lowest BCUT2D eigenvalue weighted by molar-refractivity contribution is -0.137. The van der Waals surface area contributed by atoms with Gasteiger partial charge in [0.15, 0.2) is 5.65 Å². The highest BCUT2D eigenvalue weighted by Crippen LogP contribution is 2.32. The van der Waals surface area contributed by atoms with E-state index in [2.05, 4.69) is 26.6 Å². The molecule has 0 aliphatic heterocycles. The summed E-state index contributed by atoms with van der Waals surface area (Å²) in [5, 5.41) is 12.8. The number of nitrogens with one attached hydrogen (secondary N) is 1. The average molecular weight is 551 g/mol. The number of alkyl halides is 5. The molecule has 0 aliphatic rings. The second-order valence-corrected chi connectivity index (χ2v) is 9.82. The van der Waals surface area contributed by atoms with Gasteiger partial charge in [0.1, 0.15) is 5.69 Å². The maximum Gasteiger partial charge on any atom is 0.416 e. The molecule has 13 heteroatoms. The van der Waals surface area contributed by atoms with Crippen LogP contribution in [0.1, 0.15) is 34.4 Å². The highest BCUT2D eigenvalue weighted by Gasteiger charge is 2.30. The molecule has 0 atom stereocenters. The number of fused-ring (bicyclic) bond motifs is 1. The maximum absolute atomic E-state index is 13.8. The lowest BCUT2D eigenvalue weighted by Gasteiger charge is -2.10. The van der Waals surface area contributed by atoms with E-state index in [1.165, 1.54) is 12.3 Å². The SMILES string of the molecule is Cc1ccc(C#Cc2cnn3c(C(F)F)cc(-c4ccc(C(F)(F)F)cc4)nc23)cc1S(=O)(=O)NCCO. The number of rotatable bonds is 6. The molecule has 0 saturated heterocycles. The Morgan fingerprint density at radius 1 is 1.08 bits per heavy atom. The van der Waals surface area contributed by atoms with Gasteiger partial charge in [0.05, 0.1) is 34.5 Å². The molecule has 0 bridgehead atoms. The molecular weight excluding hydrogens is 531 g/mol. The van der Waals surface area contributed by atoms with Gasteiger partial charge in [-0.2, -0.15) is 18.3 Å². The van der Waals surface area contributed by atoms with Crippen LogP contribution in [0.2, 0.25) is 0 Å². The fourth-order valence-corrected chi connectivity index (χ4v) is 4.86. The second-order valence-electron chi connectivity index (χ2n) is 8.09. The van der Waals surface area contributed by atoms with Crippen LogP contribution in [-0.4, -0.2) is 41.3 Å². The number of aliphatic hydroxyl groups excluding tert-OH is 1. The van der Waals surface area contributed by atoms with Crippen LogP contribution >= 0.6 is 0 Å². The maximum atomic E-state index is 13.8. The molecule has 2 aromatic carbocycles. The topological polar surface area (TPSA) is 96.6 Å². The van der Waals surface area contributed by atoms with Gasteiger partial charge in [-0.3, -0.25) is 0 Å². The summed E-state index contributed by atoms with van der Waals surface area (Å²) in [6, 6.07) is 9.43. The first kappa shape index (κ1) is 27.2. The van der Waals surface area contributed by atoms with E-state index in [0.29, 0.717) is 11.1 Å². The number of hydrogen-bond acceptors (Lipinski definition) is 5. The molecule has 4 aromatic rings. The molecule has 2 N–H and O–H groups in total. The third kappa shape index (κ3) is 5.67. The van der Waals surface area contributed by atoms with Crippen molar-refractivity contribution in [1.82, 2.24) is 19.3 Å². The fourth-order valence-electron chi connectivity index (χ4n) is 3.57. The highest BCUT2D eigenvalue weighted by molar-refractivity contribution is 7.89. The van der Waals surface area contributed by atoms with Crippen molar-refractivity contribution in [2.45, 2.75) is 24.4 Å². The number of aryl methyl sites for hydroxylation is 1. The molecule has 0 amide bonds. The third-order valence-electron chi connectivity index (χ3n) is 5.45. The molecule has 0 spiro atoms. The van der Waals surface area contributed by atoms with Gasteiger partial charge in [0.25, 0.3) is 6.43 Å². The monoisotopic (exact) mass is 550 g/mol. The largest absolute Gasteiger partial charge is 0.416 e. The van der Waals surface area contributed by atoms with Crippen molar-refractivity contribution in [3.05, 3.63) is 82.7 Å². The Labute approximate surface area is 214 Å². The van der Waals surface area contributed by atoms with Gasteiger partial charge in [0.2, 0.25) is 10.0 Å². The minimum atomic E-state index is -4.55. The molecular formula is C25H19F5N4O3S. The molecule has 198 valence electrons. The Hall–Kier alpha value is -3.86. The van der Waals surface area contributed by atoms with Gasteiger partial charge in [0, 0.05) is 17.7 Å². The van der Waals surface area contributed by atoms with Crippen molar-refractivity contribution in [1.29, 1.82) is 0 Å². The van der Waals surface area contributed by atoms with Gasteiger partial charge < -0.3 is 5.11 Å².